The predicted molar refractivity (Wildman–Crippen MR) is 115 cm³/mol. The van der Waals surface area contributed by atoms with E-state index in [9.17, 15) is 9.59 Å². The Kier molecular flexibility index (Phi) is 5.34. The first kappa shape index (κ1) is 19.1. The van der Waals surface area contributed by atoms with E-state index in [0.717, 1.165) is 11.3 Å². The van der Waals surface area contributed by atoms with Crippen LogP contribution in [0, 0.1) is 6.92 Å². The van der Waals surface area contributed by atoms with Gasteiger partial charge in [-0.3, -0.25) is 14.6 Å². The molecule has 7 nitrogen and oxygen atoms in total. The van der Waals surface area contributed by atoms with Crippen LogP contribution in [0.2, 0.25) is 0 Å². The maximum Gasteiger partial charge on any atom is 0.261 e. The normalized spacial score (nSPS) is 10.4. The molecule has 0 saturated carbocycles. The Hall–Kier alpha value is -4.26. The summed E-state index contributed by atoms with van der Waals surface area (Å²) in [7, 11) is 0. The first-order valence-electron chi connectivity index (χ1n) is 9.34. The van der Waals surface area contributed by atoms with Crippen LogP contribution in [-0.4, -0.2) is 26.6 Å². The quantitative estimate of drug-likeness (QED) is 0.531. The summed E-state index contributed by atoms with van der Waals surface area (Å²) in [5, 5.41) is 9.96. The summed E-state index contributed by atoms with van der Waals surface area (Å²) < 4.78 is 1.53. The Labute approximate surface area is 173 Å². The SMILES string of the molecule is Cc1ccc(C(=O)Nc2c(C(=O)Nc3cccnc3)cnn2-c2ccccc2)cc1. The van der Waals surface area contributed by atoms with Gasteiger partial charge in [-0.1, -0.05) is 35.9 Å². The van der Waals surface area contributed by atoms with Gasteiger partial charge in [0, 0.05) is 11.8 Å². The molecule has 148 valence electrons. The molecule has 2 aromatic carbocycles. The largest absolute Gasteiger partial charge is 0.320 e. The highest BCUT2D eigenvalue weighted by atomic mass is 16.2. The number of aromatic nitrogens is 3. The van der Waals surface area contributed by atoms with Gasteiger partial charge in [0.25, 0.3) is 11.8 Å². The number of carbonyl (C=O) groups excluding carboxylic acids is 2. The second kappa shape index (κ2) is 8.40. The molecule has 2 aromatic heterocycles. The van der Waals surface area contributed by atoms with Crippen molar-refractivity contribution < 1.29 is 9.59 Å². The lowest BCUT2D eigenvalue weighted by Crippen LogP contribution is -2.19. The monoisotopic (exact) mass is 397 g/mol. The summed E-state index contributed by atoms with van der Waals surface area (Å²) in [6.45, 7) is 1.95. The maximum atomic E-state index is 12.9. The second-order valence-electron chi connectivity index (χ2n) is 6.67. The highest BCUT2D eigenvalue weighted by Crippen LogP contribution is 2.22. The van der Waals surface area contributed by atoms with Crippen LogP contribution in [-0.2, 0) is 0 Å². The van der Waals surface area contributed by atoms with E-state index >= 15 is 0 Å². The van der Waals surface area contributed by atoms with Crippen molar-refractivity contribution >= 4 is 23.3 Å². The molecule has 30 heavy (non-hydrogen) atoms. The molecular formula is C23H19N5O2. The fraction of sp³-hybridized carbons (Fsp3) is 0.0435. The molecule has 0 aliphatic rings. The summed E-state index contributed by atoms with van der Waals surface area (Å²) in [4.78, 5) is 29.7. The number of rotatable bonds is 5. The van der Waals surface area contributed by atoms with Gasteiger partial charge in [-0.2, -0.15) is 5.10 Å². The third-order valence-electron chi connectivity index (χ3n) is 4.48. The highest BCUT2D eigenvalue weighted by Gasteiger charge is 2.21. The number of benzene rings is 2. The van der Waals surface area contributed by atoms with Crippen LogP contribution in [0.1, 0.15) is 26.3 Å². The molecule has 7 heteroatoms. The molecule has 0 saturated heterocycles. The summed E-state index contributed by atoms with van der Waals surface area (Å²) in [6, 6.07) is 19.9. The zero-order chi connectivity index (χ0) is 20.9. The van der Waals surface area contributed by atoms with Gasteiger partial charge >= 0.3 is 0 Å². The number of nitrogens with one attached hydrogen (secondary N) is 2. The van der Waals surface area contributed by atoms with Crippen LogP contribution in [0.25, 0.3) is 5.69 Å². The van der Waals surface area contributed by atoms with Crippen LogP contribution in [0.3, 0.4) is 0 Å². The molecule has 0 spiro atoms. The Bertz CT molecular complexity index is 1170. The van der Waals surface area contributed by atoms with Gasteiger partial charge in [0.15, 0.2) is 0 Å². The third kappa shape index (κ3) is 4.10. The average Bonchev–Trinajstić information content (AvgIpc) is 3.19. The van der Waals surface area contributed by atoms with E-state index < -0.39 is 5.91 Å². The molecule has 4 aromatic rings. The van der Waals surface area contributed by atoms with E-state index in [1.807, 2.05) is 49.4 Å². The topological polar surface area (TPSA) is 88.9 Å². The lowest BCUT2D eigenvalue weighted by atomic mass is 10.1. The van der Waals surface area contributed by atoms with Crippen molar-refractivity contribution in [3.63, 3.8) is 0 Å². The summed E-state index contributed by atoms with van der Waals surface area (Å²) in [6.07, 6.45) is 4.60. The fourth-order valence-corrected chi connectivity index (χ4v) is 2.92. The van der Waals surface area contributed by atoms with Crippen LogP contribution in [0.5, 0.6) is 0 Å². The third-order valence-corrected chi connectivity index (χ3v) is 4.48. The van der Waals surface area contributed by atoms with Crippen molar-refractivity contribution in [3.8, 4) is 5.69 Å². The van der Waals surface area contributed by atoms with Gasteiger partial charge in [0.2, 0.25) is 0 Å². The number of nitrogens with zero attached hydrogens (tertiary/aromatic N) is 3. The fourth-order valence-electron chi connectivity index (χ4n) is 2.92. The number of para-hydroxylation sites is 1. The molecule has 0 bridgehead atoms. The van der Waals surface area contributed by atoms with E-state index in [1.54, 1.807) is 36.7 Å². The number of pyridine rings is 1. The minimum absolute atomic E-state index is 0.239. The van der Waals surface area contributed by atoms with E-state index in [-0.39, 0.29) is 17.3 Å². The van der Waals surface area contributed by atoms with Gasteiger partial charge in [-0.15, -0.1) is 0 Å². The smallest absolute Gasteiger partial charge is 0.261 e. The van der Waals surface area contributed by atoms with Crippen molar-refractivity contribution in [1.29, 1.82) is 0 Å². The van der Waals surface area contributed by atoms with E-state index in [1.165, 1.54) is 10.9 Å². The standard InChI is InChI=1S/C23H19N5O2/c1-16-9-11-17(12-10-16)22(29)27-21-20(23(30)26-18-6-5-13-24-14-18)15-25-28(21)19-7-3-2-4-8-19/h2-15H,1H3,(H,26,30)(H,27,29). The van der Waals surface area contributed by atoms with Crippen LogP contribution in [0.15, 0.2) is 85.3 Å². The number of carbonyl (C=O) groups is 2. The second-order valence-corrected chi connectivity index (χ2v) is 6.67. The van der Waals surface area contributed by atoms with E-state index in [2.05, 4.69) is 20.7 Å². The molecule has 2 heterocycles. The molecule has 0 radical (unpaired) electrons. The average molecular weight is 397 g/mol. The number of amides is 2. The lowest BCUT2D eigenvalue weighted by Gasteiger charge is -2.12. The minimum atomic E-state index is -0.399. The number of aryl methyl sites for hydroxylation is 1. The number of hydrogen-bond acceptors (Lipinski definition) is 4. The van der Waals surface area contributed by atoms with Gasteiger partial charge in [0.05, 0.1) is 23.8 Å². The molecule has 0 unspecified atom stereocenters. The summed E-state index contributed by atoms with van der Waals surface area (Å²) in [5.41, 5.74) is 3.04. The Morgan fingerprint density at radius 1 is 0.833 bits per heavy atom. The summed E-state index contributed by atoms with van der Waals surface area (Å²) >= 11 is 0. The Morgan fingerprint density at radius 2 is 1.60 bits per heavy atom. The highest BCUT2D eigenvalue weighted by molar-refractivity contribution is 6.12. The number of hydrogen-bond donors (Lipinski definition) is 2. The Balaban J connectivity index is 1.70. The van der Waals surface area contributed by atoms with Crippen molar-refractivity contribution in [2.24, 2.45) is 0 Å². The minimum Gasteiger partial charge on any atom is -0.320 e. The van der Waals surface area contributed by atoms with Crippen molar-refractivity contribution in [2.75, 3.05) is 10.6 Å². The van der Waals surface area contributed by atoms with Crippen molar-refractivity contribution in [1.82, 2.24) is 14.8 Å². The molecule has 0 atom stereocenters. The van der Waals surface area contributed by atoms with Crippen LogP contribution in [0.4, 0.5) is 11.5 Å². The predicted octanol–water partition coefficient (Wildman–Crippen LogP) is 4.08. The van der Waals surface area contributed by atoms with Crippen molar-refractivity contribution in [3.05, 3.63) is 102 Å². The first-order chi connectivity index (χ1) is 14.6. The molecule has 2 N–H and O–H groups in total. The van der Waals surface area contributed by atoms with Crippen LogP contribution < -0.4 is 10.6 Å². The van der Waals surface area contributed by atoms with Crippen LogP contribution >= 0.6 is 0 Å². The summed E-state index contributed by atoms with van der Waals surface area (Å²) in [5.74, 6) is -0.444. The molecule has 0 fully saturated rings. The van der Waals surface area contributed by atoms with Gasteiger partial charge in [0.1, 0.15) is 11.4 Å². The lowest BCUT2D eigenvalue weighted by molar-refractivity contribution is 0.102. The van der Waals surface area contributed by atoms with Gasteiger partial charge in [-0.25, -0.2) is 4.68 Å². The van der Waals surface area contributed by atoms with E-state index in [4.69, 9.17) is 0 Å². The zero-order valence-electron chi connectivity index (χ0n) is 16.2. The van der Waals surface area contributed by atoms with Gasteiger partial charge < -0.3 is 10.6 Å². The number of anilines is 2. The van der Waals surface area contributed by atoms with Crippen molar-refractivity contribution in [2.45, 2.75) is 6.92 Å². The molecule has 0 aliphatic carbocycles. The first-order valence-corrected chi connectivity index (χ1v) is 9.34. The zero-order valence-corrected chi connectivity index (χ0v) is 16.2. The van der Waals surface area contributed by atoms with E-state index in [0.29, 0.717) is 11.3 Å². The molecular weight excluding hydrogens is 378 g/mol. The van der Waals surface area contributed by atoms with Gasteiger partial charge in [-0.05, 0) is 43.3 Å². The maximum absolute atomic E-state index is 12.9. The molecule has 2 amide bonds. The molecule has 0 aliphatic heterocycles. The molecule has 4 rings (SSSR count). The Morgan fingerprint density at radius 3 is 2.30 bits per heavy atom.